The zero-order chi connectivity index (χ0) is 23.8. The number of ether oxygens (including phenoxy) is 1. The Morgan fingerprint density at radius 1 is 1.11 bits per heavy atom. The number of carbonyl (C=O) groups is 1. The number of aromatic nitrogens is 2. The Morgan fingerprint density at radius 2 is 1.97 bits per heavy atom. The molecule has 0 bridgehead atoms. The highest BCUT2D eigenvalue weighted by atomic mass is 16.5. The van der Waals surface area contributed by atoms with E-state index in [0.29, 0.717) is 30.0 Å². The van der Waals surface area contributed by atoms with Crippen LogP contribution in [0.2, 0.25) is 0 Å². The van der Waals surface area contributed by atoms with Crippen molar-refractivity contribution in [3.8, 4) is 5.69 Å². The van der Waals surface area contributed by atoms with Gasteiger partial charge in [-0.2, -0.15) is 0 Å². The Bertz CT molecular complexity index is 1270. The van der Waals surface area contributed by atoms with E-state index >= 15 is 0 Å². The summed E-state index contributed by atoms with van der Waals surface area (Å²) in [7, 11) is 0. The fraction of sp³-hybridized carbons (Fsp3) is 0.484. The predicted octanol–water partition coefficient (Wildman–Crippen LogP) is 6.49. The van der Waals surface area contributed by atoms with Crippen LogP contribution in [0.4, 0.5) is 0 Å². The van der Waals surface area contributed by atoms with E-state index in [4.69, 9.17) is 4.74 Å². The summed E-state index contributed by atoms with van der Waals surface area (Å²) < 4.78 is 8.72. The molecule has 180 valence electrons. The lowest BCUT2D eigenvalue weighted by Gasteiger charge is -2.55. The summed E-state index contributed by atoms with van der Waals surface area (Å²) in [4.78, 5) is 16.5. The Labute approximate surface area is 207 Å². The van der Waals surface area contributed by atoms with E-state index in [1.807, 2.05) is 24.8 Å². The largest absolute Gasteiger partial charge is 0.370 e. The summed E-state index contributed by atoms with van der Waals surface area (Å²) in [5, 5.41) is 0. The molecule has 4 nitrogen and oxygen atoms in total. The van der Waals surface area contributed by atoms with Gasteiger partial charge in [0.05, 0.1) is 18.5 Å². The van der Waals surface area contributed by atoms with Crippen LogP contribution in [0.5, 0.6) is 0 Å². The maximum absolute atomic E-state index is 12.3. The molecule has 1 aliphatic heterocycles. The lowest BCUT2D eigenvalue weighted by molar-refractivity contribution is -0.114. The minimum Gasteiger partial charge on any atom is -0.370 e. The van der Waals surface area contributed by atoms with Crippen LogP contribution in [0.1, 0.15) is 69.8 Å². The van der Waals surface area contributed by atoms with E-state index in [1.54, 1.807) is 5.57 Å². The number of allylic oxidation sites excluding steroid dienone is 4. The van der Waals surface area contributed by atoms with E-state index in [0.717, 1.165) is 50.8 Å². The molecule has 5 atom stereocenters. The normalized spacial score (nSPS) is 36.3. The first-order valence-corrected chi connectivity index (χ1v) is 13.4. The van der Waals surface area contributed by atoms with Gasteiger partial charge in [0.25, 0.3) is 0 Å². The number of benzene rings is 1. The summed E-state index contributed by atoms with van der Waals surface area (Å²) in [6.07, 6.45) is 15.8. The molecular formula is C31H34N2O2. The lowest BCUT2D eigenvalue weighted by Crippen LogP contribution is -2.52. The number of imidazole rings is 1. The van der Waals surface area contributed by atoms with Crippen molar-refractivity contribution in [2.24, 2.45) is 17.3 Å². The standard InChI is InChI=1S/C31H34N2O2/c1-20-12-16-35-31(20)13-11-28-26-9-5-22-17-24(34)8-10-25(22)29(26)27(18-30(28,31)2)21-3-6-23(7-4-21)33-15-14-32-19-33/h3-4,6-7,14-15,17,19,26-28H,1,5,8-13,16,18H2,2H3. The molecule has 35 heavy (non-hydrogen) atoms. The Balaban J connectivity index is 1.37. The maximum atomic E-state index is 12.3. The Morgan fingerprint density at radius 3 is 2.71 bits per heavy atom. The number of nitrogens with zero attached hydrogens (tertiary/aromatic N) is 2. The average molecular weight is 467 g/mol. The van der Waals surface area contributed by atoms with Crippen LogP contribution in [0, 0.1) is 17.3 Å². The van der Waals surface area contributed by atoms with E-state index in [-0.39, 0.29) is 11.0 Å². The van der Waals surface area contributed by atoms with E-state index in [9.17, 15) is 4.79 Å². The first kappa shape index (κ1) is 21.6. The highest BCUT2D eigenvalue weighted by molar-refractivity contribution is 5.93. The molecule has 1 saturated heterocycles. The summed E-state index contributed by atoms with van der Waals surface area (Å²) in [6.45, 7) is 7.89. The molecule has 5 unspecified atom stereocenters. The third kappa shape index (κ3) is 2.95. The molecule has 1 aromatic carbocycles. The van der Waals surface area contributed by atoms with Gasteiger partial charge >= 0.3 is 0 Å². The maximum Gasteiger partial charge on any atom is 0.156 e. The predicted molar refractivity (Wildman–Crippen MR) is 136 cm³/mol. The first-order chi connectivity index (χ1) is 17.0. The number of hydrogen-bond donors (Lipinski definition) is 0. The van der Waals surface area contributed by atoms with Crippen LogP contribution in [-0.4, -0.2) is 27.5 Å². The summed E-state index contributed by atoms with van der Waals surface area (Å²) in [5.41, 5.74) is 8.27. The number of fused-ring (bicyclic) bond motifs is 5. The molecule has 3 fully saturated rings. The number of carbonyl (C=O) groups excluding carboxylic acids is 1. The van der Waals surface area contributed by atoms with Crippen molar-refractivity contribution < 1.29 is 9.53 Å². The number of hydrogen-bond acceptors (Lipinski definition) is 3. The molecule has 2 aromatic rings. The Hall–Kier alpha value is -2.72. The third-order valence-electron chi connectivity index (χ3n) is 10.3. The molecule has 1 aromatic heterocycles. The van der Waals surface area contributed by atoms with Crippen molar-refractivity contribution >= 4 is 5.78 Å². The van der Waals surface area contributed by atoms with Crippen molar-refractivity contribution in [1.82, 2.24) is 9.55 Å². The van der Waals surface area contributed by atoms with Crippen LogP contribution < -0.4 is 0 Å². The Kier molecular flexibility index (Phi) is 4.70. The molecule has 2 heterocycles. The van der Waals surface area contributed by atoms with Crippen LogP contribution in [-0.2, 0) is 9.53 Å². The van der Waals surface area contributed by atoms with Gasteiger partial charge in [0.2, 0.25) is 0 Å². The molecule has 0 amide bonds. The average Bonchev–Trinajstić information content (AvgIpc) is 3.60. The van der Waals surface area contributed by atoms with Gasteiger partial charge in [-0.1, -0.05) is 31.2 Å². The van der Waals surface area contributed by atoms with E-state index in [1.165, 1.54) is 28.7 Å². The van der Waals surface area contributed by atoms with Gasteiger partial charge in [-0.25, -0.2) is 4.98 Å². The number of rotatable bonds is 2. The highest BCUT2D eigenvalue weighted by Gasteiger charge is 2.65. The second kappa shape index (κ2) is 7.64. The molecule has 4 heteroatoms. The van der Waals surface area contributed by atoms with Crippen LogP contribution in [0.3, 0.4) is 0 Å². The van der Waals surface area contributed by atoms with Crippen molar-refractivity contribution in [2.45, 2.75) is 69.8 Å². The first-order valence-electron chi connectivity index (χ1n) is 13.4. The molecule has 4 aliphatic carbocycles. The van der Waals surface area contributed by atoms with Gasteiger partial charge in [-0.3, -0.25) is 4.79 Å². The van der Waals surface area contributed by atoms with Crippen LogP contribution >= 0.6 is 0 Å². The van der Waals surface area contributed by atoms with E-state index in [2.05, 4.69) is 47.3 Å². The van der Waals surface area contributed by atoms with Gasteiger partial charge in [-0.15, -0.1) is 0 Å². The van der Waals surface area contributed by atoms with Crippen molar-refractivity contribution in [1.29, 1.82) is 0 Å². The second-order valence-corrected chi connectivity index (χ2v) is 11.6. The van der Waals surface area contributed by atoms with Gasteiger partial charge < -0.3 is 9.30 Å². The van der Waals surface area contributed by atoms with Crippen LogP contribution in [0.25, 0.3) is 5.69 Å². The minimum atomic E-state index is -0.165. The quantitative estimate of drug-likeness (QED) is 0.475. The monoisotopic (exact) mass is 466 g/mol. The van der Waals surface area contributed by atoms with Crippen molar-refractivity contribution in [2.75, 3.05) is 6.61 Å². The SMILES string of the molecule is C=C1CCOC12CCC1C3CCC4=CC(=O)CCC4=C3C(c3ccc(-n4ccnc4)cc3)CC12C. The van der Waals surface area contributed by atoms with Crippen LogP contribution in [0.15, 0.2) is 77.9 Å². The molecular weight excluding hydrogens is 432 g/mol. The zero-order valence-corrected chi connectivity index (χ0v) is 20.6. The van der Waals surface area contributed by atoms with Gasteiger partial charge in [0, 0.05) is 35.8 Å². The van der Waals surface area contributed by atoms with Gasteiger partial charge in [0.1, 0.15) is 0 Å². The van der Waals surface area contributed by atoms with Crippen molar-refractivity contribution in [3.63, 3.8) is 0 Å². The molecule has 2 saturated carbocycles. The van der Waals surface area contributed by atoms with Crippen molar-refractivity contribution in [3.05, 3.63) is 83.5 Å². The van der Waals surface area contributed by atoms with Gasteiger partial charge in [0.15, 0.2) is 5.78 Å². The fourth-order valence-corrected chi connectivity index (χ4v) is 8.71. The van der Waals surface area contributed by atoms with E-state index < -0.39 is 0 Å². The summed E-state index contributed by atoms with van der Waals surface area (Å²) >= 11 is 0. The molecule has 0 N–H and O–H groups in total. The summed E-state index contributed by atoms with van der Waals surface area (Å²) in [5.74, 6) is 1.86. The molecule has 5 aliphatic rings. The third-order valence-corrected chi connectivity index (χ3v) is 10.3. The fourth-order valence-electron chi connectivity index (χ4n) is 8.71. The minimum absolute atomic E-state index is 0.0920. The number of ketones is 1. The smallest absolute Gasteiger partial charge is 0.156 e. The summed E-state index contributed by atoms with van der Waals surface area (Å²) in [6, 6.07) is 9.11. The highest BCUT2D eigenvalue weighted by Crippen LogP contribution is 2.70. The molecule has 7 rings (SSSR count). The lowest BCUT2D eigenvalue weighted by atomic mass is 9.50. The second-order valence-electron chi connectivity index (χ2n) is 11.6. The molecule has 1 spiro atoms. The topological polar surface area (TPSA) is 44.1 Å². The molecule has 0 radical (unpaired) electrons. The van der Waals surface area contributed by atoms with Gasteiger partial charge in [-0.05, 0) is 97.3 Å². The zero-order valence-electron chi connectivity index (χ0n) is 20.6.